The van der Waals surface area contributed by atoms with Crippen LogP contribution in [0.3, 0.4) is 0 Å². The Labute approximate surface area is 174 Å². The van der Waals surface area contributed by atoms with Crippen molar-refractivity contribution in [2.75, 3.05) is 26.3 Å². The van der Waals surface area contributed by atoms with Crippen molar-refractivity contribution in [1.29, 1.82) is 0 Å². The second-order valence-corrected chi connectivity index (χ2v) is 6.70. The standard InChI is InChI=1S/C23H34N4O2/c1-3-5-15-28-16-9-14-26-23(24-4-2)27-18-20-10-8-12-22(17-20)29-19-21-11-6-7-13-25-21/h6-8,10-13,17H,3-5,9,14-16,18-19H2,1-2H3,(H2,24,26,27). The van der Waals surface area contributed by atoms with Gasteiger partial charge in [0.05, 0.1) is 12.2 Å². The maximum atomic E-state index is 5.85. The van der Waals surface area contributed by atoms with E-state index in [1.54, 1.807) is 6.20 Å². The number of benzene rings is 1. The highest BCUT2D eigenvalue weighted by molar-refractivity contribution is 5.79. The molecule has 6 heteroatoms. The van der Waals surface area contributed by atoms with E-state index in [1.165, 1.54) is 6.42 Å². The molecule has 0 aliphatic carbocycles. The zero-order chi connectivity index (χ0) is 20.6. The zero-order valence-electron chi connectivity index (χ0n) is 17.7. The van der Waals surface area contributed by atoms with E-state index in [9.17, 15) is 0 Å². The van der Waals surface area contributed by atoms with Crippen molar-refractivity contribution in [3.63, 3.8) is 0 Å². The van der Waals surface area contributed by atoms with E-state index in [0.717, 1.165) is 62.1 Å². The van der Waals surface area contributed by atoms with Crippen molar-refractivity contribution in [3.05, 3.63) is 59.9 Å². The zero-order valence-corrected chi connectivity index (χ0v) is 17.7. The Kier molecular flexibility index (Phi) is 11.3. The van der Waals surface area contributed by atoms with Gasteiger partial charge in [-0.1, -0.05) is 31.5 Å². The van der Waals surface area contributed by atoms with Gasteiger partial charge in [-0.25, -0.2) is 4.99 Å². The Balaban J connectivity index is 1.78. The van der Waals surface area contributed by atoms with Crippen LogP contribution in [0.1, 0.15) is 44.4 Å². The summed E-state index contributed by atoms with van der Waals surface area (Å²) in [5.41, 5.74) is 2.01. The topological polar surface area (TPSA) is 67.8 Å². The second kappa shape index (κ2) is 14.4. The Hall–Kier alpha value is -2.60. The maximum absolute atomic E-state index is 5.85. The maximum Gasteiger partial charge on any atom is 0.191 e. The van der Waals surface area contributed by atoms with Gasteiger partial charge in [-0.15, -0.1) is 0 Å². The van der Waals surface area contributed by atoms with Gasteiger partial charge in [0.2, 0.25) is 0 Å². The van der Waals surface area contributed by atoms with Crippen LogP contribution in [0, 0.1) is 0 Å². The summed E-state index contributed by atoms with van der Waals surface area (Å²) in [6.45, 7) is 8.58. The van der Waals surface area contributed by atoms with Gasteiger partial charge in [0.1, 0.15) is 12.4 Å². The molecule has 0 radical (unpaired) electrons. The quantitative estimate of drug-likeness (QED) is 0.304. The SMILES string of the molecule is CCCCOCCCNC(=NCc1cccc(OCc2ccccn2)c1)NCC. The molecule has 0 unspecified atom stereocenters. The molecular formula is C23H34N4O2. The van der Waals surface area contributed by atoms with Crippen LogP contribution >= 0.6 is 0 Å². The van der Waals surface area contributed by atoms with Crippen molar-refractivity contribution in [3.8, 4) is 5.75 Å². The van der Waals surface area contributed by atoms with Crippen molar-refractivity contribution in [2.24, 2.45) is 4.99 Å². The minimum Gasteiger partial charge on any atom is -0.487 e. The number of rotatable bonds is 13. The highest BCUT2D eigenvalue weighted by atomic mass is 16.5. The third-order valence-corrected chi connectivity index (χ3v) is 4.18. The third-order valence-electron chi connectivity index (χ3n) is 4.18. The number of ether oxygens (including phenoxy) is 2. The predicted octanol–water partition coefficient (Wildman–Crippen LogP) is 3.92. The highest BCUT2D eigenvalue weighted by Crippen LogP contribution is 2.15. The van der Waals surface area contributed by atoms with E-state index < -0.39 is 0 Å². The summed E-state index contributed by atoms with van der Waals surface area (Å²) in [6.07, 6.45) is 5.04. The number of hydrogen-bond acceptors (Lipinski definition) is 4. The molecule has 0 amide bonds. The normalized spacial score (nSPS) is 11.3. The van der Waals surface area contributed by atoms with E-state index in [1.807, 2.05) is 36.4 Å². The minimum atomic E-state index is 0.456. The van der Waals surface area contributed by atoms with Crippen molar-refractivity contribution in [2.45, 2.75) is 46.3 Å². The average molecular weight is 399 g/mol. The van der Waals surface area contributed by atoms with E-state index in [2.05, 4.69) is 40.5 Å². The van der Waals surface area contributed by atoms with Gasteiger partial charge < -0.3 is 20.1 Å². The van der Waals surface area contributed by atoms with Crippen LogP contribution < -0.4 is 15.4 Å². The monoisotopic (exact) mass is 398 g/mol. The summed E-state index contributed by atoms with van der Waals surface area (Å²) in [4.78, 5) is 8.96. The lowest BCUT2D eigenvalue weighted by molar-refractivity contribution is 0.129. The number of aromatic nitrogens is 1. The molecule has 1 heterocycles. The van der Waals surface area contributed by atoms with Crippen LogP contribution in [0.25, 0.3) is 0 Å². The number of hydrogen-bond donors (Lipinski definition) is 2. The molecule has 29 heavy (non-hydrogen) atoms. The summed E-state index contributed by atoms with van der Waals surface area (Å²) in [7, 11) is 0. The number of aliphatic imine (C=N–C) groups is 1. The first kappa shape index (κ1) is 22.7. The predicted molar refractivity (Wildman–Crippen MR) is 118 cm³/mol. The van der Waals surface area contributed by atoms with Gasteiger partial charge in [-0.3, -0.25) is 4.98 Å². The molecule has 2 aromatic rings. The van der Waals surface area contributed by atoms with Gasteiger partial charge in [0, 0.05) is 32.5 Å². The molecule has 2 N–H and O–H groups in total. The fourth-order valence-corrected chi connectivity index (χ4v) is 2.62. The lowest BCUT2D eigenvalue weighted by Crippen LogP contribution is -2.38. The molecule has 0 atom stereocenters. The van der Waals surface area contributed by atoms with Crippen LogP contribution in [-0.4, -0.2) is 37.2 Å². The first-order valence-electron chi connectivity index (χ1n) is 10.5. The molecule has 1 aromatic heterocycles. The molecule has 6 nitrogen and oxygen atoms in total. The summed E-state index contributed by atoms with van der Waals surface area (Å²) in [5.74, 6) is 1.64. The summed E-state index contributed by atoms with van der Waals surface area (Å²) in [6, 6.07) is 13.9. The highest BCUT2D eigenvalue weighted by Gasteiger charge is 2.01. The lowest BCUT2D eigenvalue weighted by atomic mass is 10.2. The summed E-state index contributed by atoms with van der Waals surface area (Å²) < 4.78 is 11.4. The number of nitrogens with zero attached hydrogens (tertiary/aromatic N) is 2. The van der Waals surface area contributed by atoms with Crippen LogP contribution in [0.15, 0.2) is 53.7 Å². The molecule has 158 valence electrons. The minimum absolute atomic E-state index is 0.456. The summed E-state index contributed by atoms with van der Waals surface area (Å²) >= 11 is 0. The molecule has 0 saturated carbocycles. The average Bonchev–Trinajstić information content (AvgIpc) is 2.76. The Bertz CT molecular complexity index is 707. The van der Waals surface area contributed by atoms with Gasteiger partial charge >= 0.3 is 0 Å². The summed E-state index contributed by atoms with van der Waals surface area (Å²) in [5, 5.41) is 6.65. The van der Waals surface area contributed by atoms with Crippen LogP contribution in [0.5, 0.6) is 5.75 Å². The fourth-order valence-electron chi connectivity index (χ4n) is 2.62. The molecule has 0 aliphatic heterocycles. The fraction of sp³-hybridized carbons (Fsp3) is 0.478. The molecule has 0 aliphatic rings. The van der Waals surface area contributed by atoms with E-state index in [-0.39, 0.29) is 0 Å². The van der Waals surface area contributed by atoms with E-state index in [4.69, 9.17) is 9.47 Å². The molecule has 2 rings (SSSR count). The smallest absolute Gasteiger partial charge is 0.191 e. The van der Waals surface area contributed by atoms with Gasteiger partial charge in [0.15, 0.2) is 5.96 Å². The number of guanidine groups is 1. The Morgan fingerprint density at radius 1 is 1.03 bits per heavy atom. The van der Waals surface area contributed by atoms with Crippen LogP contribution in [0.2, 0.25) is 0 Å². The molecule has 0 bridgehead atoms. The first-order chi connectivity index (χ1) is 14.3. The molecule has 1 aromatic carbocycles. The van der Waals surface area contributed by atoms with Crippen molar-refractivity contribution < 1.29 is 9.47 Å². The molecular weight excluding hydrogens is 364 g/mol. The van der Waals surface area contributed by atoms with Crippen molar-refractivity contribution >= 4 is 5.96 Å². The van der Waals surface area contributed by atoms with E-state index >= 15 is 0 Å². The molecule has 0 spiro atoms. The van der Waals surface area contributed by atoms with E-state index in [0.29, 0.717) is 13.2 Å². The van der Waals surface area contributed by atoms with Crippen molar-refractivity contribution in [1.82, 2.24) is 15.6 Å². The van der Waals surface area contributed by atoms with Gasteiger partial charge in [-0.2, -0.15) is 0 Å². The second-order valence-electron chi connectivity index (χ2n) is 6.70. The lowest BCUT2D eigenvalue weighted by Gasteiger charge is -2.12. The van der Waals surface area contributed by atoms with Gasteiger partial charge in [0.25, 0.3) is 0 Å². The van der Waals surface area contributed by atoms with Crippen LogP contribution in [-0.2, 0) is 17.9 Å². The Morgan fingerprint density at radius 2 is 1.93 bits per heavy atom. The van der Waals surface area contributed by atoms with Gasteiger partial charge in [-0.05, 0) is 49.6 Å². The largest absolute Gasteiger partial charge is 0.487 e. The first-order valence-corrected chi connectivity index (χ1v) is 10.5. The number of pyridine rings is 1. The molecule has 0 fully saturated rings. The number of nitrogens with one attached hydrogen (secondary N) is 2. The van der Waals surface area contributed by atoms with Crippen LogP contribution in [0.4, 0.5) is 0 Å². The molecule has 0 saturated heterocycles. The Morgan fingerprint density at radius 3 is 2.72 bits per heavy atom. The number of unbranched alkanes of at least 4 members (excludes halogenated alkanes) is 1. The third kappa shape index (κ3) is 9.94.